The van der Waals surface area contributed by atoms with E-state index in [1.54, 1.807) is 23.5 Å². The highest BCUT2D eigenvalue weighted by atomic mass is 32.1. The number of quaternary nitrogens is 1. The van der Waals surface area contributed by atoms with Gasteiger partial charge in [-0.05, 0) is 37.1 Å². The second-order valence-corrected chi connectivity index (χ2v) is 8.07. The van der Waals surface area contributed by atoms with Gasteiger partial charge >= 0.3 is 0 Å². The molecule has 28 heavy (non-hydrogen) atoms. The molecule has 0 aliphatic carbocycles. The minimum Gasteiger partial charge on any atom is -0.321 e. The van der Waals surface area contributed by atoms with Crippen LogP contribution in [-0.2, 0) is 4.79 Å². The van der Waals surface area contributed by atoms with Crippen LogP contribution < -0.4 is 10.2 Å². The molecule has 1 saturated heterocycles. The Bertz CT molecular complexity index is 969. The highest BCUT2D eigenvalue weighted by molar-refractivity contribution is 7.18. The van der Waals surface area contributed by atoms with Crippen molar-refractivity contribution in [1.82, 2.24) is 4.98 Å². The maximum Gasteiger partial charge on any atom is 0.279 e. The van der Waals surface area contributed by atoms with Crippen LogP contribution in [0.5, 0.6) is 0 Å². The molecule has 2 atom stereocenters. The highest BCUT2D eigenvalue weighted by Crippen LogP contribution is 2.28. The van der Waals surface area contributed by atoms with Crippen LogP contribution in [0.1, 0.15) is 30.3 Å². The average Bonchev–Trinajstić information content (AvgIpc) is 3.12. The summed E-state index contributed by atoms with van der Waals surface area (Å²) in [6, 6.07) is 14.3. The normalized spacial score (nSPS) is 19.4. The van der Waals surface area contributed by atoms with Crippen molar-refractivity contribution in [3.63, 3.8) is 0 Å². The number of likely N-dealkylation sites (tertiary alicyclic amines) is 1. The summed E-state index contributed by atoms with van der Waals surface area (Å²) < 4.78 is 1.18. The average molecular weight is 397 g/mol. The van der Waals surface area contributed by atoms with Crippen molar-refractivity contribution in [3.8, 4) is 0 Å². The number of para-hydroxylation sites is 1. The molecule has 1 aliphatic rings. The predicted molar refractivity (Wildman–Crippen MR) is 109 cm³/mol. The van der Waals surface area contributed by atoms with Crippen LogP contribution in [0.3, 0.4) is 0 Å². The summed E-state index contributed by atoms with van der Waals surface area (Å²) in [6.45, 7) is 1.30. The molecule has 3 aromatic rings. The van der Waals surface area contributed by atoms with Gasteiger partial charge in [-0.25, -0.2) is 4.98 Å². The zero-order valence-electron chi connectivity index (χ0n) is 15.3. The van der Waals surface area contributed by atoms with Crippen LogP contribution >= 0.6 is 11.3 Å². The van der Waals surface area contributed by atoms with Gasteiger partial charge < -0.3 is 10.2 Å². The number of amides is 1. The fraction of sp³-hybridized carbons (Fsp3) is 0.300. The van der Waals surface area contributed by atoms with Crippen LogP contribution in [0.4, 0.5) is 11.4 Å². The summed E-state index contributed by atoms with van der Waals surface area (Å²) in [4.78, 5) is 28.9. The van der Waals surface area contributed by atoms with Gasteiger partial charge in [0.1, 0.15) is 6.04 Å². The number of fused-ring (bicyclic) bond motifs is 1. The van der Waals surface area contributed by atoms with Crippen molar-refractivity contribution in [2.45, 2.75) is 25.3 Å². The quantitative estimate of drug-likeness (QED) is 0.512. The number of hydrogen-bond donors (Lipinski definition) is 2. The van der Waals surface area contributed by atoms with E-state index in [4.69, 9.17) is 4.98 Å². The third kappa shape index (κ3) is 4.02. The molecular formula is C20H21N4O3S+. The molecule has 1 fully saturated rings. The number of aromatic nitrogens is 1. The first kappa shape index (κ1) is 18.5. The molecule has 2 N–H and O–H groups in total. The molecule has 0 saturated carbocycles. The number of thiazole rings is 1. The van der Waals surface area contributed by atoms with E-state index >= 15 is 0 Å². The Morgan fingerprint density at radius 3 is 2.75 bits per heavy atom. The van der Waals surface area contributed by atoms with Crippen LogP contribution in [0, 0.1) is 10.1 Å². The molecule has 1 unspecified atom stereocenters. The number of nitro groups is 1. The summed E-state index contributed by atoms with van der Waals surface area (Å²) in [5.74, 6) is -0.0862. The second kappa shape index (κ2) is 8.04. The lowest BCUT2D eigenvalue weighted by Gasteiger charge is -2.30. The van der Waals surface area contributed by atoms with Crippen molar-refractivity contribution >= 4 is 38.8 Å². The highest BCUT2D eigenvalue weighted by Gasteiger charge is 2.31. The molecule has 144 valence electrons. The van der Waals surface area contributed by atoms with E-state index in [2.05, 4.69) is 11.4 Å². The Hall–Kier alpha value is -2.84. The molecule has 4 rings (SSSR count). The molecule has 8 heteroatoms. The number of benzene rings is 2. The molecule has 2 heterocycles. The number of nitrogens with one attached hydrogen (secondary N) is 2. The topological polar surface area (TPSA) is 89.6 Å². The molecule has 7 nitrogen and oxygen atoms in total. The van der Waals surface area contributed by atoms with Gasteiger partial charge in [-0.3, -0.25) is 14.9 Å². The predicted octanol–water partition coefficient (Wildman–Crippen LogP) is 2.95. The minimum absolute atomic E-state index is 0.00977. The smallest absolute Gasteiger partial charge is 0.279 e. The van der Waals surface area contributed by atoms with E-state index in [0.717, 1.165) is 36.3 Å². The molecular weight excluding hydrogens is 376 g/mol. The van der Waals surface area contributed by atoms with Gasteiger partial charge in [0.2, 0.25) is 0 Å². The number of carbonyl (C=O) groups excluding carboxylic acids is 1. The van der Waals surface area contributed by atoms with Gasteiger partial charge in [0.05, 0.1) is 21.7 Å². The van der Waals surface area contributed by atoms with Crippen molar-refractivity contribution in [3.05, 3.63) is 63.7 Å². The van der Waals surface area contributed by atoms with Gasteiger partial charge in [0.15, 0.2) is 11.6 Å². The van der Waals surface area contributed by atoms with E-state index < -0.39 is 4.92 Å². The lowest BCUT2D eigenvalue weighted by Crippen LogP contribution is -3.14. The maximum absolute atomic E-state index is 12.6. The molecule has 0 bridgehead atoms. The fourth-order valence-electron chi connectivity index (χ4n) is 3.71. The first-order valence-corrected chi connectivity index (χ1v) is 10.2. The summed E-state index contributed by atoms with van der Waals surface area (Å²) in [6.07, 6.45) is 3.27. The monoisotopic (exact) mass is 397 g/mol. The van der Waals surface area contributed by atoms with Crippen molar-refractivity contribution in [1.29, 1.82) is 0 Å². The number of nitro benzene ring substituents is 1. The van der Waals surface area contributed by atoms with Gasteiger partial charge in [-0.2, -0.15) is 0 Å². The third-order valence-electron chi connectivity index (χ3n) is 5.09. The Balaban J connectivity index is 1.45. The summed E-state index contributed by atoms with van der Waals surface area (Å²) in [5, 5.41) is 14.7. The summed E-state index contributed by atoms with van der Waals surface area (Å²) in [5.41, 5.74) is 1.60. The van der Waals surface area contributed by atoms with E-state index in [9.17, 15) is 14.9 Å². The van der Waals surface area contributed by atoms with E-state index in [0.29, 0.717) is 12.2 Å². The number of piperidine rings is 1. The largest absolute Gasteiger partial charge is 0.321 e. The first-order chi connectivity index (χ1) is 13.6. The van der Waals surface area contributed by atoms with Crippen molar-refractivity contribution in [2.24, 2.45) is 0 Å². The standard InChI is InChI=1S/C20H20N4O3S/c25-19(21-14-8-10-15(11-9-14)24(26)27)13-23-12-4-3-6-17(23)20-22-16-5-1-2-7-18(16)28-20/h1-2,5,7-11,17H,3-4,6,12-13H2,(H,21,25)/p+1/t17-/m0/s1. The molecule has 1 aromatic heterocycles. The van der Waals surface area contributed by atoms with Gasteiger partial charge in [0.25, 0.3) is 11.6 Å². The Morgan fingerprint density at radius 1 is 1.21 bits per heavy atom. The van der Waals surface area contributed by atoms with Crippen molar-refractivity contribution < 1.29 is 14.6 Å². The molecule has 1 amide bonds. The Kier molecular flexibility index (Phi) is 5.31. The van der Waals surface area contributed by atoms with Crippen LogP contribution in [0.2, 0.25) is 0 Å². The molecule has 2 aromatic carbocycles. The third-order valence-corrected chi connectivity index (χ3v) is 6.24. The number of carbonyl (C=O) groups is 1. The fourth-order valence-corrected chi connectivity index (χ4v) is 4.87. The molecule has 0 spiro atoms. The molecule has 0 radical (unpaired) electrons. The summed E-state index contributed by atoms with van der Waals surface area (Å²) >= 11 is 1.72. The lowest BCUT2D eigenvalue weighted by atomic mass is 10.0. The van der Waals surface area contributed by atoms with Crippen LogP contribution in [0.15, 0.2) is 48.5 Å². The van der Waals surface area contributed by atoms with E-state index in [1.165, 1.54) is 21.7 Å². The van der Waals surface area contributed by atoms with Gasteiger partial charge in [-0.15, -0.1) is 11.3 Å². The number of anilines is 1. The van der Waals surface area contributed by atoms with Crippen LogP contribution in [-0.4, -0.2) is 28.9 Å². The number of hydrogen-bond acceptors (Lipinski definition) is 5. The summed E-state index contributed by atoms with van der Waals surface area (Å²) in [7, 11) is 0. The van der Waals surface area contributed by atoms with Gasteiger partial charge in [-0.1, -0.05) is 12.1 Å². The number of non-ortho nitro benzene ring substituents is 1. The maximum atomic E-state index is 12.6. The molecule has 1 aliphatic heterocycles. The SMILES string of the molecule is O=C(C[NH+]1CCCC[C@H]1c1nc2ccccc2s1)Nc1ccc([N+](=O)[O-])cc1. The number of rotatable bonds is 5. The second-order valence-electron chi connectivity index (χ2n) is 7.01. The van der Waals surface area contributed by atoms with Crippen molar-refractivity contribution in [2.75, 3.05) is 18.4 Å². The first-order valence-electron chi connectivity index (χ1n) is 9.34. The van der Waals surface area contributed by atoms with E-state index in [1.807, 2.05) is 18.2 Å². The number of nitrogens with zero attached hydrogens (tertiary/aromatic N) is 2. The van der Waals surface area contributed by atoms with E-state index in [-0.39, 0.29) is 17.6 Å². The minimum atomic E-state index is -0.452. The van der Waals surface area contributed by atoms with Gasteiger partial charge in [0, 0.05) is 24.2 Å². The van der Waals surface area contributed by atoms with Crippen LogP contribution in [0.25, 0.3) is 10.2 Å². The zero-order valence-corrected chi connectivity index (χ0v) is 16.1. The lowest BCUT2D eigenvalue weighted by molar-refractivity contribution is -0.929. The Labute approximate surface area is 166 Å². The Morgan fingerprint density at radius 2 is 2.00 bits per heavy atom. The zero-order chi connectivity index (χ0) is 19.5.